The number of piperidine rings is 1. The molecule has 2 N–H and O–H groups in total. The first kappa shape index (κ1) is 22.2. The Bertz CT molecular complexity index is 993. The largest absolute Gasteiger partial charge is 0.338 e. The van der Waals surface area contributed by atoms with E-state index in [9.17, 15) is 17.6 Å². The van der Waals surface area contributed by atoms with Gasteiger partial charge in [0.2, 0.25) is 10.0 Å². The zero-order valence-corrected chi connectivity index (χ0v) is 18.1. The molecule has 1 aliphatic heterocycles. The SMILES string of the molecule is Cc1ccc(NC(=O)NCC[C@@H]2CCCCN2S(=O)(=O)c2ccc(F)cc2C)cc1. The molecule has 3 rings (SSSR count). The number of benzene rings is 2. The molecular formula is C22H28FN3O3S. The molecule has 0 unspecified atom stereocenters. The molecule has 0 bridgehead atoms. The lowest BCUT2D eigenvalue weighted by Gasteiger charge is -2.35. The zero-order chi connectivity index (χ0) is 21.7. The molecule has 1 atom stereocenters. The van der Waals surface area contributed by atoms with Crippen LogP contribution < -0.4 is 10.6 Å². The smallest absolute Gasteiger partial charge is 0.319 e. The summed E-state index contributed by atoms with van der Waals surface area (Å²) in [6.07, 6.45) is 2.98. The summed E-state index contributed by atoms with van der Waals surface area (Å²) in [6.45, 7) is 4.36. The molecule has 0 saturated carbocycles. The number of urea groups is 1. The number of halogens is 1. The lowest BCUT2D eigenvalue weighted by atomic mass is 10.0. The number of hydrogen-bond donors (Lipinski definition) is 2. The Morgan fingerprint density at radius 1 is 1.13 bits per heavy atom. The van der Waals surface area contributed by atoms with Crippen LogP contribution in [0, 0.1) is 19.7 Å². The standard InChI is InChI=1S/C22H28FN3O3S/c1-16-6-9-19(10-7-16)25-22(27)24-13-12-20-5-3-4-14-26(20)30(28,29)21-11-8-18(23)15-17(21)2/h6-11,15,20H,3-5,12-14H2,1-2H3,(H2,24,25,27)/t20-/m0/s1. The van der Waals surface area contributed by atoms with Gasteiger partial charge in [-0.1, -0.05) is 24.1 Å². The van der Waals surface area contributed by atoms with Crippen LogP contribution in [-0.4, -0.2) is 37.9 Å². The molecule has 1 saturated heterocycles. The number of carbonyl (C=O) groups is 1. The van der Waals surface area contributed by atoms with Crippen molar-refractivity contribution in [1.82, 2.24) is 9.62 Å². The average molecular weight is 434 g/mol. The number of rotatable bonds is 6. The van der Waals surface area contributed by atoms with E-state index in [1.807, 2.05) is 31.2 Å². The average Bonchev–Trinajstić information content (AvgIpc) is 2.70. The fourth-order valence-corrected chi connectivity index (χ4v) is 5.70. The third-order valence-electron chi connectivity index (χ3n) is 5.37. The van der Waals surface area contributed by atoms with E-state index >= 15 is 0 Å². The molecule has 2 amide bonds. The highest BCUT2D eigenvalue weighted by atomic mass is 32.2. The van der Waals surface area contributed by atoms with E-state index in [0.29, 0.717) is 30.8 Å². The summed E-state index contributed by atoms with van der Waals surface area (Å²) in [5, 5.41) is 5.57. The maximum absolute atomic E-state index is 13.4. The van der Waals surface area contributed by atoms with Crippen molar-refractivity contribution in [2.75, 3.05) is 18.4 Å². The number of hydrogen-bond acceptors (Lipinski definition) is 3. The first-order valence-electron chi connectivity index (χ1n) is 10.2. The molecule has 2 aromatic rings. The number of anilines is 1. The molecule has 1 fully saturated rings. The molecule has 1 heterocycles. The van der Waals surface area contributed by atoms with Gasteiger partial charge in [-0.3, -0.25) is 0 Å². The Morgan fingerprint density at radius 3 is 2.57 bits per heavy atom. The molecule has 1 aliphatic rings. The van der Waals surface area contributed by atoms with Crippen molar-refractivity contribution in [3.63, 3.8) is 0 Å². The van der Waals surface area contributed by atoms with Gasteiger partial charge < -0.3 is 10.6 Å². The zero-order valence-electron chi connectivity index (χ0n) is 17.3. The molecular weight excluding hydrogens is 405 g/mol. The molecule has 30 heavy (non-hydrogen) atoms. The van der Waals surface area contributed by atoms with Crippen molar-refractivity contribution < 1.29 is 17.6 Å². The van der Waals surface area contributed by atoms with Gasteiger partial charge in [-0.05, 0) is 69.0 Å². The number of aryl methyl sites for hydroxylation is 2. The molecule has 0 spiro atoms. The van der Waals surface area contributed by atoms with Gasteiger partial charge >= 0.3 is 6.03 Å². The van der Waals surface area contributed by atoms with Crippen LogP contribution in [0.2, 0.25) is 0 Å². The van der Waals surface area contributed by atoms with Gasteiger partial charge in [0.25, 0.3) is 0 Å². The Kier molecular flexibility index (Phi) is 7.10. The van der Waals surface area contributed by atoms with E-state index in [0.717, 1.165) is 24.8 Å². The van der Waals surface area contributed by atoms with Crippen molar-refractivity contribution >= 4 is 21.7 Å². The topological polar surface area (TPSA) is 78.5 Å². The molecule has 162 valence electrons. The second-order valence-corrected chi connectivity index (χ2v) is 9.57. The van der Waals surface area contributed by atoms with Gasteiger partial charge in [-0.15, -0.1) is 0 Å². The Morgan fingerprint density at radius 2 is 1.87 bits per heavy atom. The summed E-state index contributed by atoms with van der Waals surface area (Å²) in [7, 11) is -3.72. The van der Waals surface area contributed by atoms with Crippen LogP contribution in [-0.2, 0) is 10.0 Å². The fourth-order valence-electron chi connectivity index (χ4n) is 3.77. The highest BCUT2D eigenvalue weighted by Crippen LogP contribution is 2.28. The number of amides is 2. The van der Waals surface area contributed by atoms with E-state index in [1.54, 1.807) is 6.92 Å². The maximum Gasteiger partial charge on any atom is 0.319 e. The van der Waals surface area contributed by atoms with E-state index in [2.05, 4.69) is 10.6 Å². The fraction of sp³-hybridized carbons (Fsp3) is 0.409. The summed E-state index contributed by atoms with van der Waals surface area (Å²) in [4.78, 5) is 12.3. The normalized spacial score (nSPS) is 17.5. The van der Waals surface area contributed by atoms with Gasteiger partial charge in [-0.2, -0.15) is 4.31 Å². The summed E-state index contributed by atoms with van der Waals surface area (Å²) in [5.74, 6) is -0.453. The third-order valence-corrected chi connectivity index (χ3v) is 7.48. The van der Waals surface area contributed by atoms with Gasteiger partial charge in [0.15, 0.2) is 0 Å². The van der Waals surface area contributed by atoms with Crippen molar-refractivity contribution in [2.24, 2.45) is 0 Å². The van der Waals surface area contributed by atoms with Crippen LogP contribution in [0.1, 0.15) is 36.8 Å². The monoisotopic (exact) mass is 433 g/mol. The molecule has 8 heteroatoms. The third kappa shape index (κ3) is 5.37. The van der Waals surface area contributed by atoms with Crippen LogP contribution in [0.25, 0.3) is 0 Å². The van der Waals surface area contributed by atoms with Gasteiger partial charge in [-0.25, -0.2) is 17.6 Å². The number of sulfonamides is 1. The minimum absolute atomic E-state index is 0.140. The van der Waals surface area contributed by atoms with Gasteiger partial charge in [0, 0.05) is 24.8 Å². The summed E-state index contributed by atoms with van der Waals surface area (Å²) in [5.41, 5.74) is 2.21. The van der Waals surface area contributed by atoms with Crippen molar-refractivity contribution in [1.29, 1.82) is 0 Å². The molecule has 0 radical (unpaired) electrons. The maximum atomic E-state index is 13.4. The molecule has 6 nitrogen and oxygen atoms in total. The Labute approximate surface area is 177 Å². The van der Waals surface area contributed by atoms with E-state index in [1.165, 1.54) is 22.5 Å². The minimum Gasteiger partial charge on any atom is -0.338 e. The highest BCUT2D eigenvalue weighted by Gasteiger charge is 2.34. The quantitative estimate of drug-likeness (QED) is 0.717. The Hall–Kier alpha value is -2.45. The van der Waals surface area contributed by atoms with Crippen molar-refractivity contribution in [3.8, 4) is 0 Å². The first-order valence-corrected chi connectivity index (χ1v) is 11.6. The highest BCUT2D eigenvalue weighted by molar-refractivity contribution is 7.89. The number of nitrogens with one attached hydrogen (secondary N) is 2. The lowest BCUT2D eigenvalue weighted by molar-refractivity contribution is 0.234. The van der Waals surface area contributed by atoms with E-state index in [4.69, 9.17) is 0 Å². The summed E-state index contributed by atoms with van der Waals surface area (Å²) in [6, 6.07) is 10.7. The minimum atomic E-state index is -3.72. The van der Waals surface area contributed by atoms with Crippen molar-refractivity contribution in [3.05, 3.63) is 59.4 Å². The molecule has 2 aromatic carbocycles. The van der Waals surface area contributed by atoms with Crippen LogP contribution in [0.4, 0.5) is 14.9 Å². The van der Waals surface area contributed by atoms with Gasteiger partial charge in [0.05, 0.1) is 4.90 Å². The number of carbonyl (C=O) groups excluding carboxylic acids is 1. The van der Waals surface area contributed by atoms with E-state index in [-0.39, 0.29) is 17.0 Å². The van der Waals surface area contributed by atoms with E-state index < -0.39 is 15.8 Å². The number of nitrogens with zero attached hydrogens (tertiary/aromatic N) is 1. The van der Waals surface area contributed by atoms with Crippen LogP contribution >= 0.6 is 0 Å². The van der Waals surface area contributed by atoms with Crippen LogP contribution in [0.5, 0.6) is 0 Å². The van der Waals surface area contributed by atoms with Crippen LogP contribution in [0.15, 0.2) is 47.4 Å². The predicted molar refractivity (Wildman–Crippen MR) is 115 cm³/mol. The first-order chi connectivity index (χ1) is 14.3. The summed E-state index contributed by atoms with van der Waals surface area (Å²) < 4.78 is 41.3. The second-order valence-electron chi connectivity index (χ2n) is 7.71. The molecule has 0 aromatic heterocycles. The van der Waals surface area contributed by atoms with Crippen LogP contribution in [0.3, 0.4) is 0 Å². The molecule has 0 aliphatic carbocycles. The second kappa shape index (κ2) is 9.57. The van der Waals surface area contributed by atoms with Crippen molar-refractivity contribution in [2.45, 2.75) is 50.5 Å². The summed E-state index contributed by atoms with van der Waals surface area (Å²) >= 11 is 0. The van der Waals surface area contributed by atoms with Gasteiger partial charge in [0.1, 0.15) is 5.82 Å². The predicted octanol–water partition coefficient (Wildman–Crippen LogP) is 4.20. The lowest BCUT2D eigenvalue weighted by Crippen LogP contribution is -2.45. The Balaban J connectivity index is 1.61.